The van der Waals surface area contributed by atoms with Crippen molar-refractivity contribution < 1.29 is 28.3 Å². The highest BCUT2D eigenvalue weighted by Crippen LogP contribution is 2.29. The maximum absolute atomic E-state index is 12.5. The van der Waals surface area contributed by atoms with Crippen molar-refractivity contribution in [3.8, 4) is 11.5 Å². The number of aromatic amines is 1. The van der Waals surface area contributed by atoms with Crippen molar-refractivity contribution in [2.24, 2.45) is 0 Å². The Balaban J connectivity index is 1.84. The average Bonchev–Trinajstić information content (AvgIpc) is 3.20. The Kier molecular flexibility index (Phi) is 6.18. The van der Waals surface area contributed by atoms with Crippen LogP contribution >= 0.6 is 0 Å². The lowest BCUT2D eigenvalue weighted by Crippen LogP contribution is -3.09. The molecule has 1 aromatic carbocycles. The van der Waals surface area contributed by atoms with E-state index in [1.54, 1.807) is 24.3 Å². The number of carbonyl (C=O) groups is 1. The Bertz CT molecular complexity index is 1070. The maximum Gasteiger partial charge on any atom is 0.373 e. The standard InChI is InChI=1S/C20H23N3O6/c1-5-23(10-12-6-7-15(29-12)20(25)28-4)11-18-21-14-9-17(27-3)16(26-2)8-13(14)19(24)22-18/h6-9H,5,10-11H2,1-4H3,(H,21,22,24)/p+1. The molecule has 9 heteroatoms. The van der Waals surface area contributed by atoms with Gasteiger partial charge in [-0.1, -0.05) is 0 Å². The lowest BCUT2D eigenvalue weighted by Gasteiger charge is -2.16. The molecule has 3 aromatic rings. The molecule has 2 heterocycles. The van der Waals surface area contributed by atoms with Crippen molar-refractivity contribution in [3.05, 3.63) is 52.0 Å². The van der Waals surface area contributed by atoms with Crippen LogP contribution in [0.2, 0.25) is 0 Å². The monoisotopic (exact) mass is 402 g/mol. The zero-order chi connectivity index (χ0) is 21.0. The van der Waals surface area contributed by atoms with Crippen LogP contribution in [-0.2, 0) is 17.8 Å². The Morgan fingerprint density at radius 3 is 2.52 bits per heavy atom. The van der Waals surface area contributed by atoms with Gasteiger partial charge in [-0.05, 0) is 25.1 Å². The highest BCUT2D eigenvalue weighted by Gasteiger charge is 2.17. The molecule has 0 bridgehead atoms. The van der Waals surface area contributed by atoms with Crippen LogP contribution in [0.15, 0.2) is 33.5 Å². The van der Waals surface area contributed by atoms with E-state index in [0.717, 1.165) is 11.4 Å². The van der Waals surface area contributed by atoms with E-state index in [1.165, 1.54) is 21.3 Å². The summed E-state index contributed by atoms with van der Waals surface area (Å²) in [6, 6.07) is 6.64. The number of methoxy groups -OCH3 is 3. The smallest absolute Gasteiger partial charge is 0.373 e. The van der Waals surface area contributed by atoms with Crippen LogP contribution in [0.4, 0.5) is 0 Å². The zero-order valence-electron chi connectivity index (χ0n) is 16.8. The van der Waals surface area contributed by atoms with Gasteiger partial charge in [0.15, 0.2) is 23.1 Å². The molecular formula is C20H24N3O6+. The first-order valence-corrected chi connectivity index (χ1v) is 9.14. The number of carbonyl (C=O) groups excluding carboxylic acids is 1. The number of H-pyrrole nitrogens is 1. The van der Waals surface area contributed by atoms with E-state index in [2.05, 4.69) is 14.7 Å². The van der Waals surface area contributed by atoms with Gasteiger partial charge in [0.2, 0.25) is 5.76 Å². The van der Waals surface area contributed by atoms with Crippen molar-refractivity contribution in [2.45, 2.75) is 20.0 Å². The second kappa shape index (κ2) is 8.78. The van der Waals surface area contributed by atoms with E-state index < -0.39 is 5.97 Å². The average molecular weight is 402 g/mol. The Hall–Kier alpha value is -3.33. The highest BCUT2D eigenvalue weighted by atomic mass is 16.5. The molecular weight excluding hydrogens is 378 g/mol. The lowest BCUT2D eigenvalue weighted by molar-refractivity contribution is -0.927. The molecule has 0 spiro atoms. The van der Waals surface area contributed by atoms with Gasteiger partial charge in [-0.2, -0.15) is 0 Å². The summed E-state index contributed by atoms with van der Waals surface area (Å²) in [5, 5.41) is 0.429. The topological polar surface area (TPSA) is 108 Å². The van der Waals surface area contributed by atoms with E-state index in [-0.39, 0.29) is 11.3 Å². The third-order valence-corrected chi connectivity index (χ3v) is 4.65. The number of hydrogen-bond acceptors (Lipinski definition) is 7. The molecule has 0 radical (unpaired) electrons. The number of fused-ring (bicyclic) bond motifs is 1. The lowest BCUT2D eigenvalue weighted by atomic mass is 10.2. The SMILES string of the molecule is CC[NH+](Cc1nc2cc(OC)c(OC)cc2c(=O)[nH]1)Cc1ccc(C(=O)OC)o1. The first-order valence-electron chi connectivity index (χ1n) is 9.14. The predicted molar refractivity (Wildman–Crippen MR) is 104 cm³/mol. The molecule has 0 aliphatic heterocycles. The van der Waals surface area contributed by atoms with E-state index in [1.807, 2.05) is 6.92 Å². The maximum atomic E-state index is 12.5. The van der Waals surface area contributed by atoms with E-state index in [9.17, 15) is 9.59 Å². The summed E-state index contributed by atoms with van der Waals surface area (Å²) >= 11 is 0. The number of benzene rings is 1. The molecule has 1 atom stereocenters. The van der Waals surface area contributed by atoms with Gasteiger partial charge >= 0.3 is 5.97 Å². The number of rotatable bonds is 8. The summed E-state index contributed by atoms with van der Waals surface area (Å²) in [6.45, 7) is 3.79. The van der Waals surface area contributed by atoms with Gasteiger partial charge in [0, 0.05) is 6.07 Å². The Labute approximate surface area is 167 Å². The molecule has 0 saturated heterocycles. The van der Waals surface area contributed by atoms with Crippen molar-refractivity contribution in [3.63, 3.8) is 0 Å². The van der Waals surface area contributed by atoms with Gasteiger partial charge in [-0.3, -0.25) is 4.79 Å². The normalized spacial score (nSPS) is 12.0. The molecule has 0 fully saturated rings. The summed E-state index contributed by atoms with van der Waals surface area (Å²) in [7, 11) is 4.36. The highest BCUT2D eigenvalue weighted by molar-refractivity contribution is 5.86. The van der Waals surface area contributed by atoms with Crippen LogP contribution < -0.4 is 19.9 Å². The molecule has 2 aromatic heterocycles. The number of nitrogens with one attached hydrogen (secondary N) is 2. The van der Waals surface area contributed by atoms with Crippen molar-refractivity contribution in [2.75, 3.05) is 27.9 Å². The van der Waals surface area contributed by atoms with E-state index in [0.29, 0.717) is 47.1 Å². The molecule has 1 unspecified atom stereocenters. The molecule has 0 amide bonds. The van der Waals surface area contributed by atoms with Crippen LogP contribution in [-0.4, -0.2) is 43.8 Å². The predicted octanol–water partition coefficient (Wildman–Crippen LogP) is 0.925. The number of quaternary nitrogens is 1. The van der Waals surface area contributed by atoms with Crippen LogP contribution in [0.1, 0.15) is 29.1 Å². The second-order valence-electron chi connectivity index (χ2n) is 6.45. The first kappa shape index (κ1) is 20.4. The fourth-order valence-electron chi connectivity index (χ4n) is 3.08. The second-order valence-corrected chi connectivity index (χ2v) is 6.45. The molecule has 29 heavy (non-hydrogen) atoms. The van der Waals surface area contributed by atoms with Gasteiger partial charge in [0.1, 0.15) is 13.1 Å². The minimum absolute atomic E-state index is 0.163. The van der Waals surface area contributed by atoms with Crippen LogP contribution in [0.3, 0.4) is 0 Å². The Morgan fingerprint density at radius 1 is 1.14 bits per heavy atom. The fourth-order valence-corrected chi connectivity index (χ4v) is 3.08. The molecule has 0 saturated carbocycles. The molecule has 0 aliphatic carbocycles. The Morgan fingerprint density at radius 2 is 1.86 bits per heavy atom. The molecule has 0 aliphatic rings. The van der Waals surface area contributed by atoms with Crippen molar-refractivity contribution in [1.29, 1.82) is 0 Å². The summed E-state index contributed by atoms with van der Waals surface area (Å²) in [5.74, 6) is 1.83. The summed E-state index contributed by atoms with van der Waals surface area (Å²) < 4.78 is 20.8. The molecule has 2 N–H and O–H groups in total. The number of aromatic nitrogens is 2. The van der Waals surface area contributed by atoms with Gasteiger partial charge in [-0.25, -0.2) is 9.78 Å². The number of esters is 1. The van der Waals surface area contributed by atoms with Crippen molar-refractivity contribution in [1.82, 2.24) is 9.97 Å². The third-order valence-electron chi connectivity index (χ3n) is 4.65. The quantitative estimate of drug-likeness (QED) is 0.540. The minimum atomic E-state index is -0.515. The van der Waals surface area contributed by atoms with Gasteiger partial charge in [0.25, 0.3) is 5.56 Å². The molecule has 154 valence electrons. The minimum Gasteiger partial charge on any atom is -0.493 e. The summed E-state index contributed by atoms with van der Waals surface area (Å²) in [6.07, 6.45) is 0. The molecule has 9 nitrogen and oxygen atoms in total. The zero-order valence-corrected chi connectivity index (χ0v) is 16.8. The third kappa shape index (κ3) is 4.40. The summed E-state index contributed by atoms with van der Waals surface area (Å²) in [5.41, 5.74) is 0.287. The first-order chi connectivity index (χ1) is 14.0. The fraction of sp³-hybridized carbons (Fsp3) is 0.350. The van der Waals surface area contributed by atoms with Crippen molar-refractivity contribution >= 4 is 16.9 Å². The van der Waals surface area contributed by atoms with Gasteiger partial charge in [-0.15, -0.1) is 0 Å². The summed E-state index contributed by atoms with van der Waals surface area (Å²) in [4.78, 5) is 32.6. The number of ether oxygens (including phenoxy) is 3. The number of furan rings is 1. The number of nitrogens with zero attached hydrogens (tertiary/aromatic N) is 1. The van der Waals surface area contributed by atoms with Crippen LogP contribution in [0, 0.1) is 0 Å². The van der Waals surface area contributed by atoms with Gasteiger partial charge in [0.05, 0.1) is 38.8 Å². The van der Waals surface area contributed by atoms with E-state index in [4.69, 9.17) is 13.9 Å². The van der Waals surface area contributed by atoms with Gasteiger partial charge < -0.3 is 28.5 Å². The van der Waals surface area contributed by atoms with E-state index >= 15 is 0 Å². The van der Waals surface area contributed by atoms with Crippen LogP contribution in [0.25, 0.3) is 10.9 Å². The largest absolute Gasteiger partial charge is 0.493 e. The molecule has 3 rings (SSSR count). The number of hydrogen-bond donors (Lipinski definition) is 2. The van der Waals surface area contributed by atoms with Crippen LogP contribution in [0.5, 0.6) is 11.5 Å².